The smallest absolute Gasteiger partial charge is 0.325 e. The van der Waals surface area contributed by atoms with Crippen molar-refractivity contribution in [2.24, 2.45) is 0 Å². The van der Waals surface area contributed by atoms with E-state index in [1.54, 1.807) is 39.0 Å². The number of benzene rings is 1. The summed E-state index contributed by atoms with van der Waals surface area (Å²) in [6, 6.07) is 5.18. The average molecular weight is 417 g/mol. The number of esters is 1. The minimum absolute atomic E-state index is 0.323. The molecular formula is C22H27NO7. The van der Waals surface area contributed by atoms with Gasteiger partial charge in [-0.25, -0.2) is 0 Å². The molecule has 1 saturated heterocycles. The van der Waals surface area contributed by atoms with Gasteiger partial charge in [-0.1, -0.05) is 12.1 Å². The van der Waals surface area contributed by atoms with Gasteiger partial charge in [0.1, 0.15) is 29.2 Å². The first-order chi connectivity index (χ1) is 14.1. The predicted octanol–water partition coefficient (Wildman–Crippen LogP) is 2.05. The minimum Gasteiger partial charge on any atom is -0.506 e. The van der Waals surface area contributed by atoms with Gasteiger partial charge in [0.25, 0.3) is 5.91 Å². The van der Waals surface area contributed by atoms with Crippen LogP contribution in [0.1, 0.15) is 44.7 Å². The van der Waals surface area contributed by atoms with Gasteiger partial charge in [0.15, 0.2) is 5.78 Å². The lowest BCUT2D eigenvalue weighted by atomic mass is 9.64. The monoisotopic (exact) mass is 417 g/mol. The Kier molecular flexibility index (Phi) is 5.90. The number of hydrogen-bond donors (Lipinski definition) is 2. The summed E-state index contributed by atoms with van der Waals surface area (Å²) in [5.74, 6) is -2.04. The molecule has 8 heteroatoms. The van der Waals surface area contributed by atoms with Gasteiger partial charge in [-0.15, -0.1) is 0 Å². The first kappa shape index (κ1) is 21.8. The molecular weight excluding hydrogens is 390 g/mol. The Morgan fingerprint density at radius 2 is 1.90 bits per heavy atom. The van der Waals surface area contributed by atoms with Gasteiger partial charge >= 0.3 is 5.97 Å². The molecule has 1 aromatic carbocycles. The highest BCUT2D eigenvalue weighted by Gasteiger charge is 2.51. The van der Waals surface area contributed by atoms with Crippen molar-refractivity contribution >= 4 is 23.4 Å². The molecule has 3 rings (SSSR count). The van der Waals surface area contributed by atoms with E-state index in [4.69, 9.17) is 14.2 Å². The van der Waals surface area contributed by atoms with E-state index in [-0.39, 0.29) is 5.57 Å². The summed E-state index contributed by atoms with van der Waals surface area (Å²) in [6.07, 6.45) is 0.754. The number of methoxy groups -OCH3 is 1. The number of ether oxygens (including phenoxy) is 3. The topological polar surface area (TPSA) is 111 Å². The molecule has 1 aliphatic heterocycles. The summed E-state index contributed by atoms with van der Waals surface area (Å²) >= 11 is 0. The van der Waals surface area contributed by atoms with Gasteiger partial charge in [-0.2, -0.15) is 0 Å². The molecule has 0 radical (unpaired) electrons. The lowest BCUT2D eigenvalue weighted by Crippen LogP contribution is -2.48. The maximum absolute atomic E-state index is 13.5. The van der Waals surface area contributed by atoms with Crippen LogP contribution in [0, 0.1) is 0 Å². The molecule has 1 aliphatic carbocycles. The number of rotatable bonds is 4. The predicted molar refractivity (Wildman–Crippen MR) is 108 cm³/mol. The fourth-order valence-electron chi connectivity index (χ4n) is 3.98. The van der Waals surface area contributed by atoms with E-state index in [0.29, 0.717) is 42.9 Å². The molecule has 30 heavy (non-hydrogen) atoms. The highest BCUT2D eigenvalue weighted by molar-refractivity contribution is 6.29. The molecule has 0 unspecified atom stereocenters. The zero-order valence-corrected chi connectivity index (χ0v) is 17.7. The van der Waals surface area contributed by atoms with Crippen LogP contribution in [0.3, 0.4) is 0 Å². The van der Waals surface area contributed by atoms with Gasteiger partial charge < -0.3 is 24.6 Å². The van der Waals surface area contributed by atoms with Crippen LogP contribution in [-0.2, 0) is 29.3 Å². The third-order valence-electron chi connectivity index (χ3n) is 5.28. The lowest BCUT2D eigenvalue weighted by molar-refractivity contribution is -0.154. The maximum atomic E-state index is 13.5. The zero-order chi connectivity index (χ0) is 22.1. The number of aliphatic hydroxyl groups is 1. The summed E-state index contributed by atoms with van der Waals surface area (Å²) in [6.45, 7) is 5.43. The number of nitrogens with one attached hydrogen (secondary N) is 1. The van der Waals surface area contributed by atoms with Gasteiger partial charge in [-0.3, -0.25) is 14.4 Å². The number of aliphatic hydroxyl groups excluding tert-OH is 1. The maximum Gasteiger partial charge on any atom is 0.325 e. The second kappa shape index (κ2) is 8.10. The largest absolute Gasteiger partial charge is 0.506 e. The molecule has 1 spiro atoms. The Balaban J connectivity index is 1.99. The fraction of sp³-hybridized carbons (Fsp3) is 0.500. The van der Waals surface area contributed by atoms with E-state index >= 15 is 0 Å². The molecule has 1 amide bonds. The van der Waals surface area contributed by atoms with E-state index in [2.05, 4.69) is 5.32 Å². The number of Topliss-reactive ketones (excluding diaryl/α,β-unsaturated/α-hetero) is 1. The number of ketones is 1. The van der Waals surface area contributed by atoms with E-state index in [0.717, 1.165) is 0 Å². The Hall–Kier alpha value is -2.87. The summed E-state index contributed by atoms with van der Waals surface area (Å²) in [5, 5.41) is 13.3. The third-order valence-corrected chi connectivity index (χ3v) is 5.28. The second-order valence-corrected chi connectivity index (χ2v) is 8.40. The highest BCUT2D eigenvalue weighted by atomic mass is 16.6. The summed E-state index contributed by atoms with van der Waals surface area (Å²) < 4.78 is 16.0. The van der Waals surface area contributed by atoms with Crippen molar-refractivity contribution in [2.75, 3.05) is 26.9 Å². The molecule has 2 aliphatic rings. The summed E-state index contributed by atoms with van der Waals surface area (Å²) in [4.78, 5) is 38.4. The van der Waals surface area contributed by atoms with Crippen LogP contribution in [0.4, 0.5) is 0 Å². The molecule has 0 bridgehead atoms. The molecule has 0 saturated carbocycles. The van der Waals surface area contributed by atoms with Crippen LogP contribution in [0.25, 0.3) is 5.76 Å². The quantitative estimate of drug-likeness (QED) is 0.570. The van der Waals surface area contributed by atoms with Crippen LogP contribution < -0.4 is 10.1 Å². The number of carbonyl (C=O) groups excluding carboxylic acids is 3. The van der Waals surface area contributed by atoms with Gasteiger partial charge in [0.05, 0.1) is 18.1 Å². The van der Waals surface area contributed by atoms with Crippen molar-refractivity contribution in [3.8, 4) is 5.75 Å². The fourth-order valence-corrected chi connectivity index (χ4v) is 3.98. The molecule has 8 nitrogen and oxygen atoms in total. The second-order valence-electron chi connectivity index (χ2n) is 8.40. The van der Waals surface area contributed by atoms with E-state index in [9.17, 15) is 19.5 Å². The van der Waals surface area contributed by atoms with Crippen LogP contribution >= 0.6 is 0 Å². The standard InChI is InChI=1S/C22H27NO7/c1-21(2,3)30-15(24)12-23-20(27)17-18(25)16-13(6-5-7-14(16)28-4)22(19(17)26)8-10-29-11-9-22/h5-7,25H,8-12H2,1-4H3,(H,23,27). The number of hydrogen-bond acceptors (Lipinski definition) is 7. The van der Waals surface area contributed by atoms with Crippen molar-refractivity contribution in [2.45, 2.75) is 44.6 Å². The molecule has 162 valence electrons. The normalized spacial score (nSPS) is 18.1. The minimum atomic E-state index is -0.993. The van der Waals surface area contributed by atoms with Crippen LogP contribution in [0.15, 0.2) is 23.8 Å². The number of amides is 1. The van der Waals surface area contributed by atoms with E-state index < -0.39 is 41.0 Å². The Morgan fingerprint density at radius 1 is 1.23 bits per heavy atom. The third kappa shape index (κ3) is 3.92. The zero-order valence-electron chi connectivity index (χ0n) is 17.7. The molecule has 1 heterocycles. The first-order valence-corrected chi connectivity index (χ1v) is 9.84. The Bertz CT molecular complexity index is 905. The van der Waals surface area contributed by atoms with E-state index in [1.165, 1.54) is 7.11 Å². The molecule has 0 atom stereocenters. The number of carbonyl (C=O) groups is 3. The molecule has 2 N–H and O–H groups in total. The van der Waals surface area contributed by atoms with Crippen molar-refractivity contribution in [1.82, 2.24) is 5.32 Å². The van der Waals surface area contributed by atoms with Gasteiger partial charge in [0, 0.05) is 13.2 Å². The molecule has 1 aromatic rings. The first-order valence-electron chi connectivity index (χ1n) is 9.84. The van der Waals surface area contributed by atoms with Crippen LogP contribution in [0.5, 0.6) is 5.75 Å². The molecule has 0 aromatic heterocycles. The molecule has 1 fully saturated rings. The van der Waals surface area contributed by atoms with Crippen molar-refractivity contribution in [3.63, 3.8) is 0 Å². The number of fused-ring (bicyclic) bond motifs is 2. The Labute approximate surface area is 175 Å². The van der Waals surface area contributed by atoms with E-state index in [1.807, 2.05) is 0 Å². The SMILES string of the molecule is COc1cccc2c1C(O)=C(C(=O)NCC(=O)OC(C)(C)C)C(=O)C21CCOCC1. The van der Waals surface area contributed by atoms with Crippen LogP contribution in [-0.4, -0.2) is 55.2 Å². The van der Waals surface area contributed by atoms with Crippen LogP contribution in [0.2, 0.25) is 0 Å². The summed E-state index contributed by atoms with van der Waals surface area (Å²) in [7, 11) is 1.46. The summed E-state index contributed by atoms with van der Waals surface area (Å²) in [5.41, 5.74) is -1.13. The highest BCUT2D eigenvalue weighted by Crippen LogP contribution is 2.48. The lowest BCUT2D eigenvalue weighted by Gasteiger charge is -2.40. The van der Waals surface area contributed by atoms with Gasteiger partial charge in [0.2, 0.25) is 0 Å². The average Bonchev–Trinajstić information content (AvgIpc) is 2.70. The van der Waals surface area contributed by atoms with Crippen molar-refractivity contribution < 1.29 is 33.7 Å². The van der Waals surface area contributed by atoms with Crippen molar-refractivity contribution in [3.05, 3.63) is 34.9 Å². The van der Waals surface area contributed by atoms with Gasteiger partial charge in [-0.05, 0) is 45.2 Å². The Morgan fingerprint density at radius 3 is 2.50 bits per heavy atom. The van der Waals surface area contributed by atoms with Crippen molar-refractivity contribution in [1.29, 1.82) is 0 Å².